The van der Waals surface area contributed by atoms with Gasteiger partial charge in [0, 0.05) is 36.8 Å². The highest BCUT2D eigenvalue weighted by Crippen LogP contribution is 2.35. The second-order valence-corrected chi connectivity index (χ2v) is 19.8. The number of aliphatic hydroxyl groups excluding tert-OH is 1. The number of carbonyl (C=O) groups excluding carboxylic acids is 5. The Labute approximate surface area is 436 Å². The Balaban J connectivity index is 0.866. The van der Waals surface area contributed by atoms with Gasteiger partial charge in [-0.3, -0.25) is 24.1 Å². The normalized spacial score (nSPS) is 16.9. The molecule has 1 fully saturated rings. The molecule has 0 bridgehead atoms. The minimum absolute atomic E-state index is 0.0223. The number of imide groups is 1. The van der Waals surface area contributed by atoms with Crippen molar-refractivity contribution >= 4 is 46.7 Å². The summed E-state index contributed by atoms with van der Waals surface area (Å²) in [6.07, 6.45) is -0.00970. The fourth-order valence-corrected chi connectivity index (χ4v) is 9.19. The van der Waals surface area contributed by atoms with E-state index in [-0.39, 0.29) is 77.1 Å². The predicted octanol–water partition coefficient (Wildman–Crippen LogP) is 4.08. The minimum atomic E-state index is -1.06. The lowest BCUT2D eigenvalue weighted by Crippen LogP contribution is -2.58. The van der Waals surface area contributed by atoms with E-state index in [4.69, 9.17) is 33.5 Å². The number of thiazole rings is 1. The summed E-state index contributed by atoms with van der Waals surface area (Å²) in [5.41, 5.74) is 7.06. The van der Waals surface area contributed by atoms with E-state index in [9.17, 15) is 29.1 Å². The number of rotatable bonds is 24. The number of aromatic nitrogens is 1. The number of benzene rings is 3. The fraction of sp³-hybridized carbons (Fsp3) is 0.491. The maximum atomic E-state index is 14.3. The van der Waals surface area contributed by atoms with Gasteiger partial charge in [-0.05, 0) is 73.1 Å². The van der Waals surface area contributed by atoms with E-state index in [1.54, 1.807) is 51.0 Å². The summed E-state index contributed by atoms with van der Waals surface area (Å²) >= 11 is 1.53. The van der Waals surface area contributed by atoms with Gasteiger partial charge in [0.25, 0.3) is 11.8 Å². The number of β-amino-alcohol motifs (C(OH)–C–C–N with tert-alkyl or cyclic N) is 1. The van der Waals surface area contributed by atoms with Crippen LogP contribution in [0.2, 0.25) is 0 Å². The highest BCUT2D eigenvalue weighted by atomic mass is 32.1. The summed E-state index contributed by atoms with van der Waals surface area (Å²) in [5.74, 6) is -0.733. The molecule has 1 aromatic heterocycles. The number of fused-ring (bicyclic) bond motifs is 1. The zero-order chi connectivity index (χ0) is 53.4. The average Bonchev–Trinajstić information content (AvgIpc) is 4.00. The zero-order valence-electron chi connectivity index (χ0n) is 43.5. The maximum Gasteiger partial charge on any atom is 0.337 e. The van der Waals surface area contributed by atoms with E-state index in [1.807, 2.05) is 71.0 Å². The van der Waals surface area contributed by atoms with Crippen molar-refractivity contribution in [2.75, 3.05) is 87.2 Å². The van der Waals surface area contributed by atoms with Crippen LogP contribution >= 0.6 is 11.3 Å². The third-order valence-electron chi connectivity index (χ3n) is 12.4. The number of carbonyl (C=O) groups is 5. The number of ether oxygens (including phenoxy) is 6. The van der Waals surface area contributed by atoms with Crippen LogP contribution in [0.3, 0.4) is 0 Å². The molecule has 20 nitrogen and oxygen atoms in total. The molecule has 5 N–H and O–H groups in total. The van der Waals surface area contributed by atoms with Crippen LogP contribution in [0, 0.1) is 12.3 Å². The van der Waals surface area contributed by atoms with Gasteiger partial charge in [-0.2, -0.15) is 5.10 Å². The smallest absolute Gasteiger partial charge is 0.337 e. The average molecular weight is 1040 g/mol. The van der Waals surface area contributed by atoms with E-state index >= 15 is 0 Å². The predicted molar refractivity (Wildman–Crippen MR) is 278 cm³/mol. The number of aryl methyl sites for hydroxylation is 1. The number of hydrazone groups is 1. The van der Waals surface area contributed by atoms with Crippen molar-refractivity contribution in [3.63, 3.8) is 0 Å². The van der Waals surface area contributed by atoms with Crippen molar-refractivity contribution in [2.45, 2.75) is 78.2 Å². The molecule has 400 valence electrons. The van der Waals surface area contributed by atoms with Gasteiger partial charge in [-0.25, -0.2) is 14.8 Å². The molecule has 0 radical (unpaired) electrons. The van der Waals surface area contributed by atoms with Crippen LogP contribution in [0.15, 0.2) is 71.3 Å². The fourth-order valence-electron chi connectivity index (χ4n) is 8.38. The number of nitrogens with one attached hydrogen (secondary N) is 4. The quantitative estimate of drug-likeness (QED) is 0.0622. The Morgan fingerprint density at radius 1 is 0.878 bits per heavy atom. The third kappa shape index (κ3) is 15.4. The molecule has 4 atom stereocenters. The van der Waals surface area contributed by atoms with Gasteiger partial charge < -0.3 is 54.8 Å². The Morgan fingerprint density at radius 2 is 1.50 bits per heavy atom. The lowest BCUT2D eigenvalue weighted by atomic mass is 9.85. The first-order valence-corrected chi connectivity index (χ1v) is 25.5. The zero-order valence-corrected chi connectivity index (χ0v) is 44.3. The standard InChI is InChI=1S/C53H70N8O12S/c1-33-25-39-26-43(68-7)44(69-8)28-41(39)46(59-61(33)52(67)54-6)36-13-15-38(16-14-36)49(64)55-17-18-70-19-20-71-21-22-72-23-24-73-31-45(63)58-48(53(3,4)5)51(66)60(50(65)42-27-40(62)29-56-42)30-35-9-11-37(12-10-35)47-34(2)57-32-74-47/h9-16,26,28,32-33,40,42,48,56,62H,17-25,27,29-31H2,1-8H3,(H,54,67)(H,55,64)(H,58,63)/t33-,40+,42-,48+/m0/s1. The topological polar surface area (TPSA) is 241 Å². The maximum absolute atomic E-state index is 14.3. The molecular weight excluding hydrogens is 973 g/mol. The van der Waals surface area contributed by atoms with Gasteiger partial charge >= 0.3 is 6.03 Å². The van der Waals surface area contributed by atoms with Crippen LogP contribution in [0.25, 0.3) is 10.4 Å². The molecule has 6 rings (SSSR count). The van der Waals surface area contributed by atoms with Gasteiger partial charge in [0.15, 0.2) is 11.5 Å². The number of nitrogens with zero attached hydrogens (tertiary/aromatic N) is 4. The lowest BCUT2D eigenvalue weighted by Gasteiger charge is -2.35. The SMILES string of the molecule is CNC(=O)N1N=C(c2ccc(C(=O)NCCOCCOCCOCCOCC(=O)N[C@H](C(=O)N(Cc3ccc(-c4scnc4C)cc3)C(=O)[C@@H]3C[C@@H](O)CN3)C(C)(C)C)cc2)c2cc(OC)c(OC)cc2C[C@@H]1C. The summed E-state index contributed by atoms with van der Waals surface area (Å²) < 4.78 is 33.5. The minimum Gasteiger partial charge on any atom is -0.493 e. The summed E-state index contributed by atoms with van der Waals surface area (Å²) in [6.45, 7) is 11.2. The molecule has 2 aliphatic rings. The summed E-state index contributed by atoms with van der Waals surface area (Å²) in [6, 6.07) is 15.9. The Bertz CT molecular complexity index is 2570. The van der Waals surface area contributed by atoms with Crippen molar-refractivity contribution in [3.05, 3.63) is 99.7 Å². The van der Waals surface area contributed by atoms with E-state index < -0.39 is 41.3 Å². The molecule has 4 aromatic rings. The van der Waals surface area contributed by atoms with Crippen molar-refractivity contribution in [1.29, 1.82) is 0 Å². The van der Waals surface area contributed by atoms with E-state index in [1.165, 1.54) is 21.2 Å². The number of amides is 6. The van der Waals surface area contributed by atoms with Crippen molar-refractivity contribution in [2.24, 2.45) is 10.5 Å². The molecule has 0 aliphatic carbocycles. The van der Waals surface area contributed by atoms with E-state index in [0.29, 0.717) is 54.6 Å². The monoisotopic (exact) mass is 1040 g/mol. The van der Waals surface area contributed by atoms with Crippen LogP contribution in [0.1, 0.15) is 72.4 Å². The lowest BCUT2D eigenvalue weighted by molar-refractivity contribution is -0.151. The highest BCUT2D eigenvalue weighted by Gasteiger charge is 2.41. The van der Waals surface area contributed by atoms with Gasteiger partial charge in [0.1, 0.15) is 12.6 Å². The highest BCUT2D eigenvalue weighted by molar-refractivity contribution is 7.13. The molecule has 74 heavy (non-hydrogen) atoms. The van der Waals surface area contributed by atoms with Crippen molar-refractivity contribution in [3.8, 4) is 21.9 Å². The van der Waals surface area contributed by atoms with Gasteiger partial charge in [-0.1, -0.05) is 57.2 Å². The molecular formula is C53H70N8O12S. The van der Waals surface area contributed by atoms with Crippen LogP contribution in [-0.4, -0.2) is 167 Å². The van der Waals surface area contributed by atoms with E-state index in [0.717, 1.165) is 32.8 Å². The largest absolute Gasteiger partial charge is 0.493 e. The molecule has 3 heterocycles. The van der Waals surface area contributed by atoms with Crippen molar-refractivity contribution in [1.82, 2.24) is 36.2 Å². The Kier molecular flexibility index (Phi) is 21.0. The first-order chi connectivity index (χ1) is 35.5. The molecule has 2 aliphatic heterocycles. The van der Waals surface area contributed by atoms with Crippen molar-refractivity contribution < 1.29 is 57.5 Å². The molecule has 1 saturated heterocycles. The first-order valence-electron chi connectivity index (χ1n) is 24.6. The molecule has 3 aromatic carbocycles. The van der Waals surface area contributed by atoms with Crippen LogP contribution in [-0.2, 0) is 46.3 Å². The molecule has 21 heteroatoms. The molecule has 0 spiro atoms. The van der Waals surface area contributed by atoms with Crippen LogP contribution in [0.4, 0.5) is 4.79 Å². The van der Waals surface area contributed by atoms with Crippen LogP contribution in [0.5, 0.6) is 11.5 Å². The van der Waals surface area contributed by atoms with Gasteiger partial charge in [0.05, 0.1) is 107 Å². The summed E-state index contributed by atoms with van der Waals surface area (Å²) in [7, 11) is 4.69. The number of hydrogen-bond donors (Lipinski definition) is 5. The number of methoxy groups -OCH3 is 2. The van der Waals surface area contributed by atoms with Gasteiger partial charge in [0.2, 0.25) is 11.8 Å². The van der Waals surface area contributed by atoms with E-state index in [2.05, 4.69) is 26.3 Å². The van der Waals surface area contributed by atoms with Crippen LogP contribution < -0.4 is 30.7 Å². The second-order valence-electron chi connectivity index (χ2n) is 18.9. The summed E-state index contributed by atoms with van der Waals surface area (Å²) in [4.78, 5) is 73.7. The second kappa shape index (κ2) is 27.3. The number of aliphatic hydroxyl groups is 1. The number of hydrogen-bond acceptors (Lipinski definition) is 16. The Morgan fingerprint density at radius 3 is 2.08 bits per heavy atom. The molecule has 0 unspecified atom stereocenters. The van der Waals surface area contributed by atoms with Gasteiger partial charge in [-0.15, -0.1) is 11.3 Å². The molecule has 0 saturated carbocycles. The number of urea groups is 1. The summed E-state index contributed by atoms with van der Waals surface area (Å²) in [5, 5.41) is 27.7. The third-order valence-corrected chi connectivity index (χ3v) is 13.4. The molecule has 6 amide bonds. The first kappa shape index (κ1) is 57.0. The Hall–Kier alpha value is -6.33.